The molecule has 7 aromatic rings. The lowest BCUT2D eigenvalue weighted by molar-refractivity contribution is 0.217. The van der Waals surface area contributed by atoms with Gasteiger partial charge >= 0.3 is 0 Å². The van der Waals surface area contributed by atoms with Crippen molar-refractivity contribution in [3.8, 4) is 11.1 Å². The van der Waals surface area contributed by atoms with Crippen LogP contribution in [0.1, 0.15) is 113 Å². The fourth-order valence-corrected chi connectivity index (χ4v) is 12.8. The molecular weight excluding hydrogens is 761 g/mol. The Hall–Kier alpha value is -5.86. The van der Waals surface area contributed by atoms with Gasteiger partial charge in [-0.25, -0.2) is 0 Å². The average Bonchev–Trinajstić information content (AvgIpc) is 4.03. The van der Waals surface area contributed by atoms with E-state index in [-0.39, 0.29) is 10.8 Å². The van der Waals surface area contributed by atoms with E-state index in [0.29, 0.717) is 5.92 Å². The van der Waals surface area contributed by atoms with Crippen LogP contribution in [-0.2, 0) is 10.8 Å². The third-order valence-electron chi connectivity index (χ3n) is 16.4. The van der Waals surface area contributed by atoms with Crippen molar-refractivity contribution in [2.24, 2.45) is 23.7 Å². The van der Waals surface area contributed by atoms with Crippen molar-refractivity contribution in [3.63, 3.8) is 0 Å². The summed E-state index contributed by atoms with van der Waals surface area (Å²) in [7, 11) is 0. The zero-order valence-corrected chi connectivity index (χ0v) is 37.7. The highest BCUT2D eigenvalue weighted by atomic mass is 15.1. The molecule has 3 saturated carbocycles. The monoisotopic (exact) mass is 822 g/mol. The van der Waals surface area contributed by atoms with Gasteiger partial charge in [-0.3, -0.25) is 0 Å². The number of benzene rings is 7. The first-order chi connectivity index (χ1) is 30.8. The zero-order valence-electron chi connectivity index (χ0n) is 37.7. The van der Waals surface area contributed by atoms with E-state index in [4.69, 9.17) is 0 Å². The van der Waals surface area contributed by atoms with Crippen LogP contribution in [0.2, 0.25) is 0 Å². The van der Waals surface area contributed by atoms with Crippen LogP contribution in [0.25, 0.3) is 11.1 Å². The number of anilines is 6. The van der Waals surface area contributed by atoms with E-state index in [2.05, 4.69) is 213 Å². The SMILES string of the molecule is CC(C)C1CCC(c2ccc(N(c3ccccc3)c3ccc(C4CC5CCC4C5)cc3)cc2)(c2ccc(N(c3ccccc3)c3ccc4c(c3)C(C)(C)c3ccccc3-4)cc2)CC1. The Balaban J connectivity index is 0.940. The molecule has 3 atom stereocenters. The van der Waals surface area contributed by atoms with Crippen molar-refractivity contribution in [1.82, 2.24) is 0 Å². The second-order valence-electron chi connectivity index (χ2n) is 20.4. The largest absolute Gasteiger partial charge is 0.311 e. The standard InChI is InChI=1S/C61H62N2/c1-42(2)44-35-37-61(38-36-44,47-23-29-52(30-24-47)62(49-13-7-5-8-14-49)51-27-21-45(22-28-51)57-40-43-19-20-46(57)39-43)48-25-31-53(32-26-48)63(50-15-9-6-10-16-50)54-33-34-56-55-17-11-12-18-58(55)60(3,4)59(56)41-54/h5-18,21-34,41-44,46,57H,19-20,35-40H2,1-4H3. The minimum Gasteiger partial charge on any atom is -0.311 e. The van der Waals surface area contributed by atoms with Crippen LogP contribution in [0.15, 0.2) is 176 Å². The maximum Gasteiger partial charge on any atom is 0.0465 e. The van der Waals surface area contributed by atoms with Crippen molar-refractivity contribution in [1.29, 1.82) is 0 Å². The van der Waals surface area contributed by atoms with Gasteiger partial charge in [-0.1, -0.05) is 137 Å². The Morgan fingerprint density at radius 1 is 0.460 bits per heavy atom. The molecule has 0 saturated heterocycles. The van der Waals surface area contributed by atoms with Gasteiger partial charge in [0.25, 0.3) is 0 Å². The Bertz CT molecular complexity index is 2690. The van der Waals surface area contributed by atoms with E-state index in [1.165, 1.54) is 112 Å². The van der Waals surface area contributed by atoms with E-state index >= 15 is 0 Å². The Morgan fingerprint density at radius 3 is 1.49 bits per heavy atom. The molecule has 0 aromatic heterocycles. The molecule has 0 heterocycles. The maximum atomic E-state index is 2.46. The average molecular weight is 823 g/mol. The van der Waals surface area contributed by atoms with Crippen LogP contribution in [-0.4, -0.2) is 0 Å². The van der Waals surface area contributed by atoms with Crippen LogP contribution >= 0.6 is 0 Å². The predicted molar refractivity (Wildman–Crippen MR) is 266 cm³/mol. The van der Waals surface area contributed by atoms with E-state index in [1.807, 2.05) is 0 Å². The number of para-hydroxylation sites is 2. The summed E-state index contributed by atoms with van der Waals surface area (Å²) in [6, 6.07) is 66.9. The van der Waals surface area contributed by atoms with Gasteiger partial charge in [0.15, 0.2) is 0 Å². The summed E-state index contributed by atoms with van der Waals surface area (Å²) in [4.78, 5) is 4.89. The van der Waals surface area contributed by atoms with Crippen molar-refractivity contribution >= 4 is 34.1 Å². The van der Waals surface area contributed by atoms with Gasteiger partial charge in [0, 0.05) is 45.0 Å². The summed E-state index contributed by atoms with van der Waals surface area (Å²) in [6.45, 7) is 9.58. The normalized spacial score (nSPS) is 23.1. The van der Waals surface area contributed by atoms with E-state index < -0.39 is 0 Å². The molecule has 0 amide bonds. The molecule has 3 fully saturated rings. The molecule has 4 aliphatic rings. The van der Waals surface area contributed by atoms with Crippen molar-refractivity contribution in [2.45, 2.75) is 95.8 Å². The molecule has 0 aliphatic heterocycles. The maximum absolute atomic E-state index is 2.46. The quantitative estimate of drug-likeness (QED) is 0.136. The summed E-state index contributed by atoms with van der Waals surface area (Å²) in [5.74, 6) is 4.04. The van der Waals surface area contributed by atoms with E-state index in [9.17, 15) is 0 Å². The number of rotatable bonds is 10. The molecule has 316 valence electrons. The molecule has 7 aromatic carbocycles. The fraction of sp³-hybridized carbons (Fsp3) is 0.311. The zero-order chi connectivity index (χ0) is 42.7. The Labute approximate surface area is 376 Å². The summed E-state index contributed by atoms with van der Waals surface area (Å²) >= 11 is 0. The van der Waals surface area contributed by atoms with Gasteiger partial charge in [-0.05, 0) is 186 Å². The Morgan fingerprint density at radius 2 is 0.952 bits per heavy atom. The highest BCUT2D eigenvalue weighted by Crippen LogP contribution is 2.54. The topological polar surface area (TPSA) is 6.48 Å². The van der Waals surface area contributed by atoms with Gasteiger partial charge in [-0.15, -0.1) is 0 Å². The van der Waals surface area contributed by atoms with Crippen LogP contribution in [0, 0.1) is 23.7 Å². The summed E-state index contributed by atoms with van der Waals surface area (Å²) in [5, 5.41) is 0. The molecule has 0 spiro atoms. The van der Waals surface area contributed by atoms with Crippen LogP contribution < -0.4 is 9.80 Å². The van der Waals surface area contributed by atoms with Gasteiger partial charge in [0.1, 0.15) is 0 Å². The molecular formula is C61H62N2. The summed E-state index contributed by atoms with van der Waals surface area (Å²) < 4.78 is 0. The van der Waals surface area contributed by atoms with E-state index in [0.717, 1.165) is 36.5 Å². The van der Waals surface area contributed by atoms with E-state index in [1.54, 1.807) is 0 Å². The molecule has 63 heavy (non-hydrogen) atoms. The molecule has 3 unspecified atom stereocenters. The van der Waals surface area contributed by atoms with Gasteiger partial charge < -0.3 is 9.80 Å². The first kappa shape index (κ1) is 40.0. The molecule has 0 radical (unpaired) electrons. The molecule has 4 aliphatic carbocycles. The lowest BCUT2D eigenvalue weighted by Gasteiger charge is -2.43. The lowest BCUT2D eigenvalue weighted by atomic mass is 9.61. The minimum atomic E-state index is -0.0671. The summed E-state index contributed by atoms with van der Waals surface area (Å²) in [5.41, 5.74) is 17.0. The second-order valence-corrected chi connectivity index (χ2v) is 20.4. The second kappa shape index (κ2) is 16.0. The molecule has 0 N–H and O–H groups in total. The first-order valence-corrected chi connectivity index (χ1v) is 24.0. The number of fused-ring (bicyclic) bond motifs is 5. The molecule has 2 nitrogen and oxygen atoms in total. The highest BCUT2D eigenvalue weighted by molar-refractivity contribution is 5.85. The summed E-state index contributed by atoms with van der Waals surface area (Å²) in [6.07, 6.45) is 10.5. The van der Waals surface area contributed by atoms with Gasteiger partial charge in [0.05, 0.1) is 0 Å². The number of nitrogens with zero attached hydrogens (tertiary/aromatic N) is 2. The fourth-order valence-electron chi connectivity index (χ4n) is 12.8. The molecule has 2 heteroatoms. The minimum absolute atomic E-state index is 0.0523. The lowest BCUT2D eigenvalue weighted by Crippen LogP contribution is -2.34. The van der Waals surface area contributed by atoms with Crippen molar-refractivity contribution < 1.29 is 0 Å². The number of hydrogen-bond acceptors (Lipinski definition) is 2. The predicted octanol–water partition coefficient (Wildman–Crippen LogP) is 17.0. The molecule has 2 bridgehead atoms. The van der Waals surface area contributed by atoms with Crippen LogP contribution in [0.4, 0.5) is 34.1 Å². The first-order valence-electron chi connectivity index (χ1n) is 24.0. The Kier molecular flexibility index (Phi) is 10.2. The van der Waals surface area contributed by atoms with Crippen LogP contribution in [0.5, 0.6) is 0 Å². The number of hydrogen-bond donors (Lipinski definition) is 0. The van der Waals surface area contributed by atoms with Crippen molar-refractivity contribution in [3.05, 3.63) is 204 Å². The van der Waals surface area contributed by atoms with Gasteiger partial charge in [0.2, 0.25) is 0 Å². The third kappa shape index (κ3) is 7.02. The van der Waals surface area contributed by atoms with Crippen LogP contribution in [0.3, 0.4) is 0 Å². The highest BCUT2D eigenvalue weighted by Gasteiger charge is 2.41. The van der Waals surface area contributed by atoms with Crippen molar-refractivity contribution in [2.75, 3.05) is 9.80 Å². The molecule has 11 rings (SSSR count). The van der Waals surface area contributed by atoms with Gasteiger partial charge in [-0.2, -0.15) is 0 Å². The third-order valence-corrected chi connectivity index (χ3v) is 16.4. The smallest absolute Gasteiger partial charge is 0.0465 e.